The van der Waals surface area contributed by atoms with Crippen molar-refractivity contribution in [2.24, 2.45) is 10.2 Å². The van der Waals surface area contributed by atoms with E-state index >= 15 is 0 Å². The second-order valence-electron chi connectivity index (χ2n) is 6.38. The van der Waals surface area contributed by atoms with Crippen LogP contribution in [0.5, 0.6) is 5.75 Å². The van der Waals surface area contributed by atoms with Crippen LogP contribution < -0.4 is 0 Å². The van der Waals surface area contributed by atoms with Crippen LogP contribution in [0.3, 0.4) is 0 Å². The van der Waals surface area contributed by atoms with Gasteiger partial charge in [-0.2, -0.15) is 5.11 Å². The van der Waals surface area contributed by atoms with Crippen LogP contribution >= 0.6 is 15.9 Å². The van der Waals surface area contributed by atoms with E-state index in [-0.39, 0.29) is 16.9 Å². The molecule has 0 aliphatic carbocycles. The largest absolute Gasteiger partial charge is 0.505 e. The molecule has 2 aromatic carbocycles. The summed E-state index contributed by atoms with van der Waals surface area (Å²) in [7, 11) is 0. The van der Waals surface area contributed by atoms with Gasteiger partial charge in [-0.25, -0.2) is 0 Å². The first-order chi connectivity index (χ1) is 10.7. The van der Waals surface area contributed by atoms with Crippen molar-refractivity contribution in [3.05, 3.63) is 52.0 Å². The van der Waals surface area contributed by atoms with E-state index < -0.39 is 0 Å². The molecule has 1 N–H and O–H groups in total. The first-order valence-electron chi connectivity index (χ1n) is 7.24. The zero-order chi connectivity index (χ0) is 17.2. The van der Waals surface area contributed by atoms with E-state index in [2.05, 4.69) is 46.9 Å². The molecule has 2 aromatic rings. The number of benzene rings is 2. The van der Waals surface area contributed by atoms with Crippen molar-refractivity contribution < 1.29 is 9.90 Å². The number of nitrogens with zero attached hydrogens (tertiary/aromatic N) is 2. The van der Waals surface area contributed by atoms with Crippen LogP contribution in [0.2, 0.25) is 0 Å². The number of rotatable bonds is 3. The molecule has 0 fully saturated rings. The average Bonchev–Trinajstić information content (AvgIpc) is 2.47. The number of carbonyl (C=O) groups excluding carboxylic acids is 1. The Balaban J connectivity index is 2.41. The zero-order valence-electron chi connectivity index (χ0n) is 13.6. The third-order valence-corrected chi connectivity index (χ3v) is 4.04. The van der Waals surface area contributed by atoms with Gasteiger partial charge in [0.15, 0.2) is 11.5 Å². The van der Waals surface area contributed by atoms with Crippen molar-refractivity contribution in [2.75, 3.05) is 0 Å². The van der Waals surface area contributed by atoms with Gasteiger partial charge in [-0.3, -0.25) is 4.79 Å². The Hall–Kier alpha value is -2.01. The van der Waals surface area contributed by atoms with Crippen molar-refractivity contribution >= 4 is 33.1 Å². The number of hydrogen-bond donors (Lipinski definition) is 1. The highest BCUT2D eigenvalue weighted by Crippen LogP contribution is 2.39. The van der Waals surface area contributed by atoms with Gasteiger partial charge in [-0.1, -0.05) is 32.9 Å². The molecule has 0 unspecified atom stereocenters. The van der Waals surface area contributed by atoms with E-state index in [1.165, 1.54) is 6.92 Å². The molecule has 23 heavy (non-hydrogen) atoms. The molecule has 0 aliphatic rings. The Morgan fingerprint density at radius 2 is 1.83 bits per heavy atom. The van der Waals surface area contributed by atoms with Crippen LogP contribution in [-0.2, 0) is 5.41 Å². The molecular formula is C18H19BrN2O2. The molecular weight excluding hydrogens is 356 g/mol. The number of phenolic OH excluding ortho intramolecular Hbond substituents is 1. The Kier molecular flexibility index (Phi) is 5.00. The predicted molar refractivity (Wildman–Crippen MR) is 95.1 cm³/mol. The fourth-order valence-electron chi connectivity index (χ4n) is 1.99. The van der Waals surface area contributed by atoms with Gasteiger partial charge in [0.05, 0.1) is 10.2 Å². The van der Waals surface area contributed by atoms with Gasteiger partial charge in [0.1, 0.15) is 5.69 Å². The summed E-state index contributed by atoms with van der Waals surface area (Å²) in [5.41, 5.74) is 2.49. The Bertz CT molecular complexity index is 777. The lowest BCUT2D eigenvalue weighted by atomic mass is 9.87. The van der Waals surface area contributed by atoms with Gasteiger partial charge >= 0.3 is 0 Å². The number of hydrogen-bond acceptors (Lipinski definition) is 4. The highest BCUT2D eigenvalue weighted by molar-refractivity contribution is 9.10. The molecule has 0 atom stereocenters. The molecule has 0 amide bonds. The predicted octanol–water partition coefficient (Wildman–Crippen LogP) is 6.07. The van der Waals surface area contributed by atoms with Crippen molar-refractivity contribution in [3.8, 4) is 5.75 Å². The van der Waals surface area contributed by atoms with E-state index in [9.17, 15) is 9.90 Å². The van der Waals surface area contributed by atoms with Gasteiger partial charge in [-0.05, 0) is 58.1 Å². The summed E-state index contributed by atoms with van der Waals surface area (Å²) in [4.78, 5) is 11.4. The SMILES string of the molecule is CC(=O)c1cccc(N=Nc2cc(C(C)(C)C)cc(Br)c2O)c1. The molecule has 0 saturated heterocycles. The van der Waals surface area contributed by atoms with E-state index in [4.69, 9.17) is 0 Å². The van der Waals surface area contributed by atoms with E-state index in [1.54, 1.807) is 24.3 Å². The molecule has 4 nitrogen and oxygen atoms in total. The van der Waals surface area contributed by atoms with Crippen LogP contribution in [0.4, 0.5) is 11.4 Å². The quantitative estimate of drug-likeness (QED) is 0.523. The molecule has 5 heteroatoms. The minimum absolute atomic E-state index is 0.0256. The second-order valence-corrected chi connectivity index (χ2v) is 7.24. The number of phenols is 1. The standard InChI is InChI=1S/C18H19BrN2O2/c1-11(22)12-6-5-7-14(8-12)20-21-16-10-13(18(2,3)4)9-15(19)17(16)23/h5-10,23H,1-4H3. The van der Waals surface area contributed by atoms with Gasteiger partial charge in [0.2, 0.25) is 0 Å². The zero-order valence-corrected chi connectivity index (χ0v) is 15.2. The minimum atomic E-state index is -0.0744. The van der Waals surface area contributed by atoms with Crippen molar-refractivity contribution in [2.45, 2.75) is 33.1 Å². The Labute approximate surface area is 144 Å². The van der Waals surface area contributed by atoms with Gasteiger partial charge in [0.25, 0.3) is 0 Å². The minimum Gasteiger partial charge on any atom is -0.505 e. The smallest absolute Gasteiger partial charge is 0.159 e. The van der Waals surface area contributed by atoms with Gasteiger partial charge in [-0.15, -0.1) is 5.11 Å². The fraction of sp³-hybridized carbons (Fsp3) is 0.278. The van der Waals surface area contributed by atoms with Gasteiger partial charge < -0.3 is 5.11 Å². The molecule has 0 aromatic heterocycles. The fourth-order valence-corrected chi connectivity index (χ4v) is 2.44. The van der Waals surface area contributed by atoms with Gasteiger partial charge in [0, 0.05) is 5.56 Å². The van der Waals surface area contributed by atoms with Crippen LogP contribution in [0.1, 0.15) is 43.6 Å². The molecule has 0 bridgehead atoms. The first kappa shape index (κ1) is 17.3. The number of aromatic hydroxyl groups is 1. The monoisotopic (exact) mass is 374 g/mol. The van der Waals surface area contributed by atoms with Crippen LogP contribution in [0, 0.1) is 0 Å². The molecule has 2 rings (SSSR count). The van der Waals surface area contributed by atoms with E-state index in [0.29, 0.717) is 21.4 Å². The second kappa shape index (κ2) is 6.62. The van der Waals surface area contributed by atoms with Crippen molar-refractivity contribution in [1.82, 2.24) is 0 Å². The topological polar surface area (TPSA) is 62.0 Å². The molecule has 0 aliphatic heterocycles. The van der Waals surface area contributed by atoms with Crippen molar-refractivity contribution in [1.29, 1.82) is 0 Å². The third-order valence-electron chi connectivity index (χ3n) is 3.44. The number of Topliss-reactive ketones (excluding diaryl/α,β-unsaturated/α-hetero) is 1. The van der Waals surface area contributed by atoms with Crippen LogP contribution in [-0.4, -0.2) is 10.9 Å². The highest BCUT2D eigenvalue weighted by atomic mass is 79.9. The maximum atomic E-state index is 11.4. The van der Waals surface area contributed by atoms with E-state index in [1.807, 2.05) is 12.1 Å². The maximum Gasteiger partial charge on any atom is 0.159 e. The number of azo groups is 1. The Morgan fingerprint density at radius 1 is 1.13 bits per heavy atom. The maximum absolute atomic E-state index is 11.4. The summed E-state index contributed by atoms with van der Waals surface area (Å²) in [5.74, 6) is 0.0202. The lowest BCUT2D eigenvalue weighted by molar-refractivity contribution is 0.101. The molecule has 120 valence electrons. The summed E-state index contributed by atoms with van der Waals surface area (Å²) < 4.78 is 0.580. The number of ketones is 1. The van der Waals surface area contributed by atoms with Crippen molar-refractivity contribution in [3.63, 3.8) is 0 Å². The first-order valence-corrected chi connectivity index (χ1v) is 8.03. The average molecular weight is 375 g/mol. The summed E-state index contributed by atoms with van der Waals surface area (Å²) in [6.45, 7) is 7.77. The van der Waals surface area contributed by atoms with Crippen LogP contribution in [0.15, 0.2) is 51.1 Å². The lowest BCUT2D eigenvalue weighted by Crippen LogP contribution is -2.10. The molecule has 0 saturated carbocycles. The molecule has 0 radical (unpaired) electrons. The normalized spacial score (nSPS) is 11.9. The summed E-state index contributed by atoms with van der Waals surface area (Å²) in [6, 6.07) is 10.6. The summed E-state index contributed by atoms with van der Waals surface area (Å²) in [6.07, 6.45) is 0. The number of carbonyl (C=O) groups is 1. The third kappa shape index (κ3) is 4.26. The Morgan fingerprint density at radius 3 is 2.43 bits per heavy atom. The summed E-state index contributed by atoms with van der Waals surface area (Å²) >= 11 is 3.35. The molecule has 0 heterocycles. The van der Waals surface area contributed by atoms with Crippen LogP contribution in [0.25, 0.3) is 0 Å². The molecule has 0 spiro atoms. The number of halogens is 1. The summed E-state index contributed by atoms with van der Waals surface area (Å²) in [5, 5.41) is 18.4. The highest BCUT2D eigenvalue weighted by Gasteiger charge is 2.18. The lowest BCUT2D eigenvalue weighted by Gasteiger charge is -2.20. The van der Waals surface area contributed by atoms with E-state index in [0.717, 1.165) is 5.56 Å².